The SMILES string of the molecule is Cc1cc(-n2c(C)cc(C(=O)CN3CCN(c4cccc(Cl)c4)CC3)c2C)no1. The van der Waals surface area contributed by atoms with Gasteiger partial charge in [-0.2, -0.15) is 0 Å². The van der Waals surface area contributed by atoms with Crippen molar-refractivity contribution in [2.75, 3.05) is 37.6 Å². The quantitative estimate of drug-likeness (QED) is 0.592. The molecule has 0 radical (unpaired) electrons. The van der Waals surface area contributed by atoms with E-state index in [-0.39, 0.29) is 5.78 Å². The number of piperazine rings is 1. The zero-order chi connectivity index (χ0) is 20.5. The van der Waals surface area contributed by atoms with E-state index >= 15 is 0 Å². The van der Waals surface area contributed by atoms with Crippen molar-refractivity contribution in [3.63, 3.8) is 0 Å². The number of Topliss-reactive ketones (excluding diaryl/α,β-unsaturated/α-hetero) is 1. The highest BCUT2D eigenvalue weighted by Crippen LogP contribution is 2.23. The van der Waals surface area contributed by atoms with Gasteiger partial charge in [0, 0.05) is 59.9 Å². The third kappa shape index (κ3) is 4.09. The van der Waals surface area contributed by atoms with Crippen LogP contribution in [0.4, 0.5) is 5.69 Å². The van der Waals surface area contributed by atoms with Crippen molar-refractivity contribution in [2.45, 2.75) is 20.8 Å². The van der Waals surface area contributed by atoms with Crippen molar-refractivity contribution in [2.24, 2.45) is 0 Å². The smallest absolute Gasteiger partial charge is 0.180 e. The molecule has 2 aromatic heterocycles. The van der Waals surface area contributed by atoms with Gasteiger partial charge in [0.05, 0.1) is 6.54 Å². The van der Waals surface area contributed by atoms with Crippen molar-refractivity contribution in [1.29, 1.82) is 0 Å². The van der Waals surface area contributed by atoms with Gasteiger partial charge < -0.3 is 9.42 Å². The number of aryl methyl sites for hydroxylation is 2. The lowest BCUT2D eigenvalue weighted by molar-refractivity contribution is 0.0926. The molecule has 0 atom stereocenters. The van der Waals surface area contributed by atoms with Crippen LogP contribution in [-0.2, 0) is 0 Å². The van der Waals surface area contributed by atoms with Crippen LogP contribution < -0.4 is 4.90 Å². The van der Waals surface area contributed by atoms with Crippen molar-refractivity contribution < 1.29 is 9.32 Å². The Morgan fingerprint density at radius 1 is 1.10 bits per heavy atom. The highest BCUT2D eigenvalue weighted by Gasteiger charge is 2.23. The Kier molecular flexibility index (Phi) is 5.48. The predicted octanol–water partition coefficient (Wildman–Crippen LogP) is 4.05. The molecular formula is C22H25ClN4O2. The largest absolute Gasteiger partial charge is 0.369 e. The summed E-state index contributed by atoms with van der Waals surface area (Å²) in [6.45, 7) is 9.68. The maximum atomic E-state index is 13.0. The van der Waals surface area contributed by atoms with Crippen LogP contribution in [0.1, 0.15) is 27.5 Å². The summed E-state index contributed by atoms with van der Waals surface area (Å²) in [6.07, 6.45) is 0. The molecule has 0 N–H and O–H groups in total. The summed E-state index contributed by atoms with van der Waals surface area (Å²) < 4.78 is 7.17. The van der Waals surface area contributed by atoms with E-state index in [0.717, 1.165) is 59.6 Å². The number of carbonyl (C=O) groups is 1. The molecule has 1 aromatic carbocycles. The molecule has 1 aliphatic rings. The summed E-state index contributed by atoms with van der Waals surface area (Å²) in [5.74, 6) is 1.60. The van der Waals surface area contributed by atoms with Gasteiger partial charge in [0.2, 0.25) is 0 Å². The second kappa shape index (κ2) is 8.05. The Morgan fingerprint density at radius 3 is 2.52 bits per heavy atom. The highest BCUT2D eigenvalue weighted by molar-refractivity contribution is 6.30. The molecule has 1 aliphatic heterocycles. The monoisotopic (exact) mass is 412 g/mol. The Hall–Kier alpha value is -2.57. The van der Waals surface area contributed by atoms with E-state index in [1.807, 2.05) is 55.7 Å². The standard InChI is InChI=1S/C22H25ClN4O2/c1-15-11-20(17(3)27(15)22-12-16(2)29-24-22)21(28)14-25-7-9-26(10-8-25)19-6-4-5-18(23)13-19/h4-6,11-13H,7-10,14H2,1-3H3. The van der Waals surface area contributed by atoms with Crippen molar-refractivity contribution in [3.05, 3.63) is 64.1 Å². The van der Waals surface area contributed by atoms with Gasteiger partial charge in [-0.1, -0.05) is 22.8 Å². The van der Waals surface area contributed by atoms with E-state index < -0.39 is 0 Å². The van der Waals surface area contributed by atoms with Crippen LogP contribution in [-0.4, -0.2) is 53.1 Å². The predicted molar refractivity (Wildman–Crippen MR) is 114 cm³/mol. The number of aromatic nitrogens is 2. The molecule has 4 rings (SSSR count). The molecule has 0 spiro atoms. The van der Waals surface area contributed by atoms with E-state index in [4.69, 9.17) is 16.1 Å². The summed E-state index contributed by atoms with van der Waals surface area (Å²) in [6, 6.07) is 11.7. The number of hydrogen-bond donors (Lipinski definition) is 0. The van der Waals surface area contributed by atoms with Crippen LogP contribution in [0.5, 0.6) is 0 Å². The van der Waals surface area contributed by atoms with Crippen LogP contribution in [0.15, 0.2) is 40.9 Å². The number of rotatable bonds is 5. The molecule has 3 aromatic rings. The number of ketones is 1. The second-order valence-electron chi connectivity index (χ2n) is 7.58. The van der Waals surface area contributed by atoms with Gasteiger partial charge in [-0.15, -0.1) is 0 Å². The molecule has 0 aliphatic carbocycles. The van der Waals surface area contributed by atoms with Crippen LogP contribution in [0.2, 0.25) is 5.02 Å². The summed E-state index contributed by atoms with van der Waals surface area (Å²) >= 11 is 6.11. The van der Waals surface area contributed by atoms with Gasteiger partial charge >= 0.3 is 0 Å². The van der Waals surface area contributed by atoms with Crippen molar-refractivity contribution in [1.82, 2.24) is 14.6 Å². The van der Waals surface area contributed by atoms with Gasteiger partial charge in [-0.05, 0) is 45.0 Å². The normalized spacial score (nSPS) is 15.1. The molecule has 29 heavy (non-hydrogen) atoms. The summed E-state index contributed by atoms with van der Waals surface area (Å²) in [5.41, 5.74) is 3.76. The Bertz CT molecular complexity index is 1030. The maximum absolute atomic E-state index is 13.0. The number of anilines is 1. The van der Waals surface area contributed by atoms with E-state index in [9.17, 15) is 4.79 Å². The zero-order valence-corrected chi connectivity index (χ0v) is 17.7. The number of benzene rings is 1. The lowest BCUT2D eigenvalue weighted by Gasteiger charge is -2.35. The van der Waals surface area contributed by atoms with Gasteiger partial charge in [-0.25, -0.2) is 0 Å². The molecule has 0 saturated carbocycles. The van der Waals surface area contributed by atoms with E-state index in [0.29, 0.717) is 12.4 Å². The summed E-state index contributed by atoms with van der Waals surface area (Å²) in [5, 5.41) is 4.84. The fourth-order valence-electron chi connectivity index (χ4n) is 3.98. The Balaban J connectivity index is 1.42. The van der Waals surface area contributed by atoms with Crippen molar-refractivity contribution in [3.8, 4) is 5.82 Å². The molecule has 1 fully saturated rings. The first-order valence-corrected chi connectivity index (χ1v) is 10.2. The third-order valence-electron chi connectivity index (χ3n) is 5.49. The fourth-order valence-corrected chi connectivity index (χ4v) is 4.17. The van der Waals surface area contributed by atoms with Crippen molar-refractivity contribution >= 4 is 23.1 Å². The molecular weight excluding hydrogens is 388 g/mol. The Morgan fingerprint density at radius 2 is 1.86 bits per heavy atom. The maximum Gasteiger partial charge on any atom is 0.180 e. The molecule has 0 unspecified atom stereocenters. The topological polar surface area (TPSA) is 54.5 Å². The fraction of sp³-hybridized carbons (Fsp3) is 0.364. The van der Waals surface area contributed by atoms with E-state index in [1.54, 1.807) is 0 Å². The number of carbonyl (C=O) groups excluding carboxylic acids is 1. The number of nitrogens with zero attached hydrogens (tertiary/aromatic N) is 4. The first kappa shape index (κ1) is 19.7. The zero-order valence-electron chi connectivity index (χ0n) is 17.0. The summed E-state index contributed by atoms with van der Waals surface area (Å²) in [4.78, 5) is 17.5. The second-order valence-corrected chi connectivity index (χ2v) is 8.02. The number of halogens is 1. The van der Waals surface area contributed by atoms with E-state index in [1.165, 1.54) is 0 Å². The molecule has 3 heterocycles. The lowest BCUT2D eigenvalue weighted by atomic mass is 10.1. The third-order valence-corrected chi connectivity index (χ3v) is 5.72. The van der Waals surface area contributed by atoms with Crippen LogP contribution in [0, 0.1) is 20.8 Å². The highest BCUT2D eigenvalue weighted by atomic mass is 35.5. The lowest BCUT2D eigenvalue weighted by Crippen LogP contribution is -2.48. The molecule has 0 amide bonds. The molecule has 7 heteroatoms. The van der Waals surface area contributed by atoms with Gasteiger partial charge in [0.15, 0.2) is 11.6 Å². The average Bonchev–Trinajstić information content (AvgIpc) is 3.24. The van der Waals surface area contributed by atoms with Gasteiger partial charge in [0.1, 0.15) is 5.76 Å². The van der Waals surface area contributed by atoms with Crippen LogP contribution in [0.25, 0.3) is 5.82 Å². The first-order chi connectivity index (χ1) is 13.9. The Labute approximate surface area is 175 Å². The van der Waals surface area contributed by atoms with Crippen LogP contribution >= 0.6 is 11.6 Å². The molecule has 152 valence electrons. The van der Waals surface area contributed by atoms with Gasteiger partial charge in [-0.3, -0.25) is 14.3 Å². The van der Waals surface area contributed by atoms with Gasteiger partial charge in [0.25, 0.3) is 0 Å². The molecule has 0 bridgehead atoms. The molecule has 6 nitrogen and oxygen atoms in total. The minimum Gasteiger partial charge on any atom is -0.369 e. The first-order valence-electron chi connectivity index (χ1n) is 9.81. The average molecular weight is 413 g/mol. The van der Waals surface area contributed by atoms with Crippen LogP contribution in [0.3, 0.4) is 0 Å². The minimum absolute atomic E-state index is 0.140. The summed E-state index contributed by atoms with van der Waals surface area (Å²) in [7, 11) is 0. The number of hydrogen-bond acceptors (Lipinski definition) is 5. The minimum atomic E-state index is 0.140. The molecule has 1 saturated heterocycles. The van der Waals surface area contributed by atoms with E-state index in [2.05, 4.69) is 21.0 Å².